The molecule has 2 aromatic carbocycles. The summed E-state index contributed by atoms with van der Waals surface area (Å²) in [5.74, 6) is -0.278. The van der Waals surface area contributed by atoms with Gasteiger partial charge >= 0.3 is 0 Å². The fourth-order valence-electron chi connectivity index (χ4n) is 3.23. The summed E-state index contributed by atoms with van der Waals surface area (Å²) in [7, 11) is 1.71. The van der Waals surface area contributed by atoms with Crippen molar-refractivity contribution in [3.05, 3.63) is 76.8 Å². The van der Waals surface area contributed by atoms with Gasteiger partial charge in [-0.3, -0.25) is 4.79 Å². The lowest BCUT2D eigenvalue weighted by Crippen LogP contribution is -2.16. The number of halogens is 2. The van der Waals surface area contributed by atoms with Crippen molar-refractivity contribution in [2.45, 2.75) is 21.6 Å². The zero-order valence-electron chi connectivity index (χ0n) is 15.8. The van der Waals surface area contributed by atoms with Crippen LogP contribution in [0.15, 0.2) is 74.3 Å². The maximum absolute atomic E-state index is 14.3. The number of nitrogens with one attached hydrogen (secondary N) is 1. The molecule has 0 fully saturated rings. The van der Waals surface area contributed by atoms with E-state index in [0.717, 1.165) is 38.1 Å². The van der Waals surface area contributed by atoms with Crippen LogP contribution < -0.4 is 5.56 Å². The van der Waals surface area contributed by atoms with E-state index in [0.29, 0.717) is 10.4 Å². The lowest BCUT2D eigenvalue weighted by Gasteiger charge is -2.14. The fourth-order valence-corrected chi connectivity index (χ4v) is 4.87. The Labute approximate surface area is 175 Å². The molecule has 2 heterocycles. The molecule has 0 saturated heterocycles. The van der Waals surface area contributed by atoms with Crippen LogP contribution in [0.25, 0.3) is 22.0 Å². The van der Waals surface area contributed by atoms with Crippen LogP contribution in [0.5, 0.6) is 0 Å². The van der Waals surface area contributed by atoms with Gasteiger partial charge in [-0.2, -0.15) is 0 Å². The molecule has 3 nitrogen and oxygen atoms in total. The number of aryl methyl sites for hydroxylation is 1. The Balaban J connectivity index is 1.92. The lowest BCUT2D eigenvalue weighted by atomic mass is 10.0. The van der Waals surface area contributed by atoms with Gasteiger partial charge in [0.15, 0.2) is 0 Å². The monoisotopic (exact) mass is 428 g/mol. The number of hydrogen-bond donors (Lipinski definition) is 1. The molecule has 7 heteroatoms. The second kappa shape index (κ2) is 8.08. The van der Waals surface area contributed by atoms with Crippen molar-refractivity contribution in [1.29, 1.82) is 0 Å². The Morgan fingerprint density at radius 2 is 1.83 bits per heavy atom. The van der Waals surface area contributed by atoms with Gasteiger partial charge in [0.05, 0.1) is 0 Å². The zero-order valence-corrected chi connectivity index (χ0v) is 17.5. The summed E-state index contributed by atoms with van der Waals surface area (Å²) in [6.45, 7) is 2.08. The lowest BCUT2D eigenvalue weighted by molar-refractivity contribution is 0.565. The number of nitrogens with zero attached hydrogens (tertiary/aromatic N) is 1. The van der Waals surface area contributed by atoms with Gasteiger partial charge in [-0.15, -0.1) is 11.8 Å². The van der Waals surface area contributed by atoms with E-state index in [1.165, 1.54) is 23.9 Å². The molecular weight excluding hydrogens is 410 g/mol. The average molecular weight is 429 g/mol. The third-order valence-corrected chi connectivity index (χ3v) is 6.56. The second-order valence-electron chi connectivity index (χ2n) is 6.49. The van der Waals surface area contributed by atoms with Crippen LogP contribution in [0.4, 0.5) is 8.78 Å². The minimum atomic E-state index is -0.603. The predicted molar refractivity (Wildman–Crippen MR) is 116 cm³/mol. The number of thioether (sulfide) groups is 1. The molecule has 1 N–H and O–H groups in total. The van der Waals surface area contributed by atoms with Crippen molar-refractivity contribution >= 4 is 34.4 Å². The quantitative estimate of drug-likeness (QED) is 0.392. The van der Waals surface area contributed by atoms with Crippen LogP contribution in [-0.2, 0) is 7.05 Å². The van der Waals surface area contributed by atoms with Crippen molar-refractivity contribution in [3.8, 4) is 11.1 Å². The Bertz CT molecular complexity index is 1260. The van der Waals surface area contributed by atoms with Crippen LogP contribution in [0.2, 0.25) is 0 Å². The SMILES string of the molecule is CCSc1ccc(Sc2ccc(F)cc2F)c(-c2cn(C)c(=O)c3[nH]ccc23)c1. The zero-order chi connectivity index (χ0) is 20.5. The average Bonchev–Trinajstić information content (AvgIpc) is 3.18. The van der Waals surface area contributed by atoms with Gasteiger partial charge in [0.25, 0.3) is 5.56 Å². The first-order chi connectivity index (χ1) is 14.0. The standard InChI is InChI=1S/C22H18F2N2OS2/c1-3-28-14-5-7-19(29-20-6-4-13(23)10-18(20)24)16(11-14)17-12-26(2)22(27)21-15(17)8-9-25-21/h4-12,25H,3H2,1-2H3. The molecule has 29 heavy (non-hydrogen) atoms. The van der Waals surface area contributed by atoms with E-state index in [4.69, 9.17) is 0 Å². The predicted octanol–water partition coefficient (Wildman–Crippen LogP) is 6.08. The highest BCUT2D eigenvalue weighted by atomic mass is 32.2. The Kier molecular flexibility index (Phi) is 5.52. The third kappa shape index (κ3) is 3.84. The number of aromatic amines is 1. The van der Waals surface area contributed by atoms with Crippen molar-refractivity contribution in [2.24, 2.45) is 7.05 Å². The van der Waals surface area contributed by atoms with E-state index >= 15 is 0 Å². The van der Waals surface area contributed by atoms with Gasteiger partial charge in [-0.25, -0.2) is 8.78 Å². The number of pyridine rings is 1. The van der Waals surface area contributed by atoms with Crippen LogP contribution >= 0.6 is 23.5 Å². The maximum atomic E-state index is 14.3. The first-order valence-electron chi connectivity index (χ1n) is 9.04. The molecule has 0 aliphatic heterocycles. The summed E-state index contributed by atoms with van der Waals surface area (Å²) < 4.78 is 29.1. The molecule has 0 aliphatic rings. The Morgan fingerprint density at radius 1 is 1.03 bits per heavy atom. The minimum absolute atomic E-state index is 0.105. The Morgan fingerprint density at radius 3 is 2.59 bits per heavy atom. The molecule has 4 rings (SSSR count). The molecule has 4 aromatic rings. The van der Waals surface area contributed by atoms with E-state index in [9.17, 15) is 13.6 Å². The number of rotatable bonds is 5. The molecule has 0 aliphatic carbocycles. The molecule has 0 saturated carbocycles. The van der Waals surface area contributed by atoms with E-state index in [-0.39, 0.29) is 5.56 Å². The van der Waals surface area contributed by atoms with Crippen molar-refractivity contribution in [3.63, 3.8) is 0 Å². The number of H-pyrrole nitrogens is 1. The highest BCUT2D eigenvalue weighted by Gasteiger charge is 2.16. The van der Waals surface area contributed by atoms with E-state index in [2.05, 4.69) is 18.0 Å². The fraction of sp³-hybridized carbons (Fsp3) is 0.136. The van der Waals surface area contributed by atoms with E-state index in [1.807, 2.05) is 18.2 Å². The summed E-state index contributed by atoms with van der Waals surface area (Å²) in [6, 6.07) is 11.5. The summed E-state index contributed by atoms with van der Waals surface area (Å²) >= 11 is 2.95. The Hall–Kier alpha value is -2.51. The second-order valence-corrected chi connectivity index (χ2v) is 8.91. The van der Waals surface area contributed by atoms with Crippen LogP contribution in [0.3, 0.4) is 0 Å². The van der Waals surface area contributed by atoms with Gasteiger partial charge in [-0.05, 0) is 47.7 Å². The number of hydrogen-bond acceptors (Lipinski definition) is 3. The molecule has 0 amide bonds. The van der Waals surface area contributed by atoms with Crippen LogP contribution in [0, 0.1) is 11.6 Å². The smallest absolute Gasteiger partial charge is 0.274 e. The molecule has 0 bridgehead atoms. The number of aromatic nitrogens is 2. The summed E-state index contributed by atoms with van der Waals surface area (Å²) in [4.78, 5) is 17.7. The number of benzene rings is 2. The van der Waals surface area contributed by atoms with Gasteiger partial charge < -0.3 is 9.55 Å². The molecule has 2 aromatic heterocycles. The topological polar surface area (TPSA) is 37.8 Å². The van der Waals surface area contributed by atoms with Gasteiger partial charge in [0.2, 0.25) is 0 Å². The first-order valence-corrected chi connectivity index (χ1v) is 10.8. The molecule has 0 unspecified atom stereocenters. The minimum Gasteiger partial charge on any atom is -0.357 e. The maximum Gasteiger partial charge on any atom is 0.274 e. The molecule has 0 atom stereocenters. The normalized spacial score (nSPS) is 11.3. The summed E-state index contributed by atoms with van der Waals surface area (Å²) in [5, 5.41) is 0.813. The van der Waals surface area contributed by atoms with Crippen LogP contribution in [-0.4, -0.2) is 15.3 Å². The van der Waals surface area contributed by atoms with E-state index in [1.54, 1.807) is 35.8 Å². The molecule has 0 radical (unpaired) electrons. The number of fused-ring (bicyclic) bond motifs is 1. The molecular formula is C22H18F2N2OS2. The third-order valence-electron chi connectivity index (χ3n) is 4.56. The van der Waals surface area contributed by atoms with Gasteiger partial charge in [0, 0.05) is 51.1 Å². The van der Waals surface area contributed by atoms with Gasteiger partial charge in [0.1, 0.15) is 17.2 Å². The first kappa shape index (κ1) is 19.8. The summed E-state index contributed by atoms with van der Waals surface area (Å²) in [5.41, 5.74) is 2.21. The van der Waals surface area contributed by atoms with Gasteiger partial charge in [-0.1, -0.05) is 18.7 Å². The highest BCUT2D eigenvalue weighted by molar-refractivity contribution is 7.99. The molecule has 0 spiro atoms. The highest BCUT2D eigenvalue weighted by Crippen LogP contribution is 2.41. The van der Waals surface area contributed by atoms with E-state index < -0.39 is 11.6 Å². The van der Waals surface area contributed by atoms with Crippen molar-refractivity contribution in [1.82, 2.24) is 9.55 Å². The summed E-state index contributed by atoms with van der Waals surface area (Å²) in [6.07, 6.45) is 3.55. The largest absolute Gasteiger partial charge is 0.357 e. The van der Waals surface area contributed by atoms with Crippen LogP contribution in [0.1, 0.15) is 6.92 Å². The molecule has 148 valence electrons. The van der Waals surface area contributed by atoms with Crippen molar-refractivity contribution in [2.75, 3.05) is 5.75 Å². The van der Waals surface area contributed by atoms with Crippen molar-refractivity contribution < 1.29 is 8.78 Å².